The summed E-state index contributed by atoms with van der Waals surface area (Å²) in [5.74, 6) is 0. The van der Waals surface area contributed by atoms with Gasteiger partial charge in [0, 0.05) is 0 Å². The first-order valence-corrected chi connectivity index (χ1v) is 5.66. The average Bonchev–Trinajstić information content (AvgIpc) is 2.03. The summed E-state index contributed by atoms with van der Waals surface area (Å²) in [5.41, 5.74) is -1.01. The summed E-state index contributed by atoms with van der Waals surface area (Å²) in [6.45, 7) is 1.66. The lowest BCUT2D eigenvalue weighted by atomic mass is 10.9. The van der Waals surface area contributed by atoms with Crippen molar-refractivity contribution in [2.45, 2.75) is 11.5 Å². The minimum atomic E-state index is -3.71. The molecule has 7 heteroatoms. The van der Waals surface area contributed by atoms with Crippen LogP contribution >= 0.6 is 30.6 Å². The van der Waals surface area contributed by atoms with Crippen molar-refractivity contribution in [2.24, 2.45) is 0 Å². The number of methoxy groups -OCH3 is 1. The van der Waals surface area contributed by atoms with Crippen molar-refractivity contribution in [3.05, 3.63) is 0 Å². The molecule has 0 aliphatic rings. The number of rotatable bonds is 4. The van der Waals surface area contributed by atoms with Crippen LogP contribution in [0.5, 0.6) is 0 Å². The van der Waals surface area contributed by atoms with Crippen LogP contribution in [0, 0.1) is 0 Å². The Morgan fingerprint density at radius 1 is 1.58 bits per heavy atom. The molecule has 1 unspecified atom stereocenters. The number of hydrogen-bond donors (Lipinski definition) is 0. The summed E-state index contributed by atoms with van der Waals surface area (Å²) in [5, 5.41) is 0. The predicted octanol–water partition coefficient (Wildman–Crippen LogP) is 2.83. The van der Waals surface area contributed by atoms with Crippen LogP contribution in [0.25, 0.3) is 0 Å². The molecule has 0 fully saturated rings. The van der Waals surface area contributed by atoms with E-state index in [-0.39, 0.29) is 6.61 Å². The van der Waals surface area contributed by atoms with Gasteiger partial charge in [-0.25, -0.2) is 4.79 Å². The third-order valence-electron chi connectivity index (χ3n) is 1.01. The van der Waals surface area contributed by atoms with E-state index < -0.39 is 17.7 Å². The van der Waals surface area contributed by atoms with Gasteiger partial charge in [0.25, 0.3) is 0 Å². The first-order valence-electron chi connectivity index (χ1n) is 3.10. The fraction of sp³-hybridized carbons (Fsp3) is 0.800. The molecule has 0 amide bonds. The van der Waals surface area contributed by atoms with Crippen LogP contribution in [0.15, 0.2) is 0 Å². The van der Waals surface area contributed by atoms with Crippen molar-refractivity contribution < 1.29 is 18.6 Å². The second-order valence-corrected chi connectivity index (χ2v) is 5.80. The minimum absolute atomic E-state index is 0.0856. The van der Waals surface area contributed by atoms with E-state index in [1.54, 1.807) is 6.92 Å². The lowest BCUT2D eigenvalue weighted by Crippen LogP contribution is -2.08. The maximum Gasteiger partial charge on any atom is 0.394 e. The van der Waals surface area contributed by atoms with Crippen molar-refractivity contribution in [3.63, 3.8) is 0 Å². The molecule has 72 valence electrons. The molecule has 0 aromatic carbocycles. The van der Waals surface area contributed by atoms with Crippen LogP contribution in [-0.4, -0.2) is 24.0 Å². The number of carbonyl (C=O) groups is 1. The Bertz CT molecular complexity index is 206. The SMILES string of the molecule is CCOP(=O)(C(=O)OC)C(Cl)Cl. The third kappa shape index (κ3) is 2.63. The monoisotopic (exact) mass is 234 g/mol. The summed E-state index contributed by atoms with van der Waals surface area (Å²) in [6, 6.07) is 0. The normalized spacial score (nSPS) is 15.8. The summed E-state index contributed by atoms with van der Waals surface area (Å²) in [6.07, 6.45) is 0. The molecule has 0 aromatic heterocycles. The van der Waals surface area contributed by atoms with Gasteiger partial charge in [0.2, 0.25) is 0 Å². The van der Waals surface area contributed by atoms with Crippen LogP contribution < -0.4 is 0 Å². The Balaban J connectivity index is 4.62. The van der Waals surface area contributed by atoms with E-state index >= 15 is 0 Å². The summed E-state index contributed by atoms with van der Waals surface area (Å²) in [4.78, 5) is 10.9. The molecule has 0 rings (SSSR count). The maximum atomic E-state index is 11.5. The molecule has 1 atom stereocenters. The van der Waals surface area contributed by atoms with E-state index in [1.807, 2.05) is 0 Å². The van der Waals surface area contributed by atoms with Gasteiger partial charge in [0.1, 0.15) is 0 Å². The second-order valence-electron chi connectivity index (χ2n) is 1.76. The van der Waals surface area contributed by atoms with Crippen molar-refractivity contribution in [2.75, 3.05) is 13.7 Å². The Kier molecular flexibility index (Phi) is 5.18. The van der Waals surface area contributed by atoms with Gasteiger partial charge in [-0.05, 0) is 6.92 Å². The van der Waals surface area contributed by atoms with E-state index in [1.165, 1.54) is 0 Å². The summed E-state index contributed by atoms with van der Waals surface area (Å²) in [7, 11) is -2.63. The number of halogens is 2. The molecule has 0 heterocycles. The Hall–Kier alpha value is 0.240. The van der Waals surface area contributed by atoms with Crippen molar-refractivity contribution in [1.82, 2.24) is 0 Å². The summed E-state index contributed by atoms with van der Waals surface area (Å²) < 4.78 is 19.0. The van der Waals surface area contributed by atoms with E-state index in [9.17, 15) is 9.36 Å². The standard InChI is InChI=1S/C5H9Cl2O4P/c1-3-11-12(9,4(6)7)5(8)10-2/h4H,3H2,1-2H3. The minimum Gasteiger partial charge on any atom is -0.462 e. The van der Waals surface area contributed by atoms with Crippen molar-refractivity contribution >= 4 is 36.3 Å². The molecular formula is C5H9Cl2O4P. The lowest BCUT2D eigenvalue weighted by molar-refractivity contribution is 0.189. The Morgan fingerprint density at radius 3 is 2.33 bits per heavy atom. The zero-order chi connectivity index (χ0) is 9.78. The third-order valence-corrected chi connectivity index (χ3v) is 4.40. The van der Waals surface area contributed by atoms with E-state index in [4.69, 9.17) is 23.2 Å². The van der Waals surface area contributed by atoms with Gasteiger partial charge in [-0.15, -0.1) is 0 Å². The number of hydrogen-bond acceptors (Lipinski definition) is 4. The molecular weight excluding hydrogens is 226 g/mol. The molecule has 0 aromatic rings. The molecule has 0 N–H and O–H groups in total. The number of ether oxygens (including phenoxy) is 1. The Morgan fingerprint density at radius 2 is 2.08 bits per heavy atom. The largest absolute Gasteiger partial charge is 0.462 e. The van der Waals surface area contributed by atoms with E-state index in [0.29, 0.717) is 0 Å². The van der Waals surface area contributed by atoms with Crippen molar-refractivity contribution in [1.29, 1.82) is 0 Å². The van der Waals surface area contributed by atoms with Crippen molar-refractivity contribution in [3.8, 4) is 0 Å². The number of alkyl halides is 2. The molecule has 0 saturated heterocycles. The fourth-order valence-electron chi connectivity index (χ4n) is 0.508. The maximum absolute atomic E-state index is 11.5. The summed E-state index contributed by atoms with van der Waals surface area (Å²) >= 11 is 10.6. The second kappa shape index (κ2) is 5.07. The highest BCUT2D eigenvalue weighted by Crippen LogP contribution is 2.56. The highest BCUT2D eigenvalue weighted by Gasteiger charge is 2.41. The zero-order valence-electron chi connectivity index (χ0n) is 6.62. The first kappa shape index (κ1) is 12.2. The average molecular weight is 235 g/mol. The molecule has 4 nitrogen and oxygen atoms in total. The van der Waals surface area contributed by atoms with Gasteiger partial charge >= 0.3 is 13.1 Å². The van der Waals surface area contributed by atoms with Crippen LogP contribution in [0.3, 0.4) is 0 Å². The topological polar surface area (TPSA) is 52.6 Å². The Labute approximate surface area is 80.6 Å². The zero-order valence-corrected chi connectivity index (χ0v) is 9.03. The fourth-order valence-corrected chi connectivity index (χ4v) is 2.34. The highest BCUT2D eigenvalue weighted by atomic mass is 35.5. The number of carbonyl (C=O) groups excluding carboxylic acids is 1. The van der Waals surface area contributed by atoms with Gasteiger partial charge in [-0.2, -0.15) is 0 Å². The van der Waals surface area contributed by atoms with E-state index in [2.05, 4.69) is 9.26 Å². The quantitative estimate of drug-likeness (QED) is 0.555. The molecule has 0 saturated carbocycles. The van der Waals surface area contributed by atoms with Crippen LogP contribution in [-0.2, 0) is 13.8 Å². The molecule has 0 radical (unpaired) electrons. The molecule has 0 aliphatic carbocycles. The predicted molar refractivity (Wildman–Crippen MR) is 47.1 cm³/mol. The lowest BCUT2D eigenvalue weighted by Gasteiger charge is -2.14. The molecule has 0 bridgehead atoms. The highest BCUT2D eigenvalue weighted by molar-refractivity contribution is 7.79. The first-order chi connectivity index (χ1) is 5.49. The van der Waals surface area contributed by atoms with E-state index in [0.717, 1.165) is 7.11 Å². The van der Waals surface area contributed by atoms with Crippen LogP contribution in [0.2, 0.25) is 0 Å². The molecule has 0 spiro atoms. The van der Waals surface area contributed by atoms with Gasteiger partial charge in [0.15, 0.2) is 4.58 Å². The van der Waals surface area contributed by atoms with Crippen LogP contribution in [0.1, 0.15) is 6.92 Å². The smallest absolute Gasteiger partial charge is 0.394 e. The van der Waals surface area contributed by atoms with Gasteiger partial charge in [-0.1, -0.05) is 23.2 Å². The van der Waals surface area contributed by atoms with Gasteiger partial charge in [-0.3, -0.25) is 4.57 Å². The van der Waals surface area contributed by atoms with Crippen LogP contribution in [0.4, 0.5) is 4.79 Å². The molecule has 12 heavy (non-hydrogen) atoms. The molecule has 0 aliphatic heterocycles. The van der Waals surface area contributed by atoms with Gasteiger partial charge < -0.3 is 9.26 Å². The van der Waals surface area contributed by atoms with Gasteiger partial charge in [0.05, 0.1) is 13.7 Å².